The van der Waals surface area contributed by atoms with Crippen molar-refractivity contribution < 1.29 is 9.53 Å². The Labute approximate surface area is 133 Å². The lowest BCUT2D eigenvalue weighted by molar-refractivity contribution is -0.117. The molecule has 0 bridgehead atoms. The molecule has 2 N–H and O–H groups in total. The van der Waals surface area contributed by atoms with Crippen LogP contribution in [0, 0.1) is 6.92 Å². The monoisotopic (exact) mass is 317 g/mol. The molecule has 1 aromatic carbocycles. The highest BCUT2D eigenvalue weighted by molar-refractivity contribution is 7.14. The van der Waals surface area contributed by atoms with E-state index in [0.29, 0.717) is 5.13 Å². The largest absolute Gasteiger partial charge is 0.496 e. The van der Waals surface area contributed by atoms with E-state index in [0.717, 1.165) is 42.0 Å². The van der Waals surface area contributed by atoms with Crippen molar-refractivity contribution in [3.63, 3.8) is 0 Å². The van der Waals surface area contributed by atoms with Gasteiger partial charge in [-0.1, -0.05) is 11.6 Å². The van der Waals surface area contributed by atoms with E-state index in [-0.39, 0.29) is 11.9 Å². The summed E-state index contributed by atoms with van der Waals surface area (Å²) in [6, 6.07) is 5.88. The minimum atomic E-state index is -0.0964. The molecule has 6 heteroatoms. The quantitative estimate of drug-likeness (QED) is 0.910. The van der Waals surface area contributed by atoms with E-state index < -0.39 is 0 Å². The molecule has 116 valence electrons. The third-order valence-corrected chi connectivity index (χ3v) is 4.50. The lowest BCUT2D eigenvalue weighted by atomic mass is 10.1. The number of nitrogens with zero attached hydrogens (tertiary/aromatic N) is 1. The number of methoxy groups -OCH3 is 1. The third-order valence-electron chi connectivity index (χ3n) is 3.74. The number of carbonyl (C=O) groups is 1. The lowest BCUT2D eigenvalue weighted by Gasteiger charge is -2.09. The van der Waals surface area contributed by atoms with E-state index >= 15 is 0 Å². The van der Waals surface area contributed by atoms with Crippen LogP contribution in [0.25, 0.3) is 11.3 Å². The second kappa shape index (κ2) is 6.46. The molecule has 1 aliphatic heterocycles. The molecule has 3 rings (SSSR count). The summed E-state index contributed by atoms with van der Waals surface area (Å²) in [5.41, 5.74) is 2.91. The summed E-state index contributed by atoms with van der Waals surface area (Å²) in [6.45, 7) is 2.94. The Morgan fingerprint density at radius 3 is 3.09 bits per heavy atom. The van der Waals surface area contributed by atoms with Crippen molar-refractivity contribution in [2.75, 3.05) is 19.0 Å². The van der Waals surface area contributed by atoms with Crippen molar-refractivity contribution in [2.45, 2.75) is 25.8 Å². The minimum absolute atomic E-state index is 0.00499. The molecular formula is C16H19N3O2S. The predicted molar refractivity (Wildman–Crippen MR) is 88.5 cm³/mol. The number of amides is 1. The van der Waals surface area contributed by atoms with Crippen molar-refractivity contribution in [3.05, 3.63) is 29.1 Å². The molecule has 0 radical (unpaired) electrons. The highest BCUT2D eigenvalue weighted by atomic mass is 32.1. The average Bonchev–Trinajstić information content (AvgIpc) is 3.18. The molecule has 1 amide bonds. The molecule has 1 aromatic heterocycles. The zero-order chi connectivity index (χ0) is 15.5. The summed E-state index contributed by atoms with van der Waals surface area (Å²) < 4.78 is 5.39. The fraction of sp³-hybridized carbons (Fsp3) is 0.375. The van der Waals surface area contributed by atoms with Crippen LogP contribution in [0.1, 0.15) is 18.4 Å². The summed E-state index contributed by atoms with van der Waals surface area (Å²) in [6.07, 6.45) is 1.93. The Morgan fingerprint density at radius 1 is 1.50 bits per heavy atom. The van der Waals surface area contributed by atoms with Gasteiger partial charge >= 0.3 is 0 Å². The number of hydrogen-bond donors (Lipinski definition) is 2. The summed E-state index contributed by atoms with van der Waals surface area (Å²) >= 11 is 1.43. The van der Waals surface area contributed by atoms with Gasteiger partial charge in [0.2, 0.25) is 5.91 Å². The van der Waals surface area contributed by atoms with Crippen LogP contribution in [0.4, 0.5) is 5.13 Å². The second-order valence-electron chi connectivity index (χ2n) is 5.38. The summed E-state index contributed by atoms with van der Waals surface area (Å²) in [5.74, 6) is 0.779. The SMILES string of the molecule is COc1ccc(C)cc1-c1csc(NC(=O)C2CCCN2)n1. The standard InChI is InChI=1S/C16H19N3O2S/c1-10-5-6-14(21-2)11(8-10)13-9-22-16(18-13)19-15(20)12-4-3-7-17-12/h5-6,8-9,12,17H,3-4,7H2,1-2H3,(H,18,19,20). The molecule has 0 aliphatic carbocycles. The van der Waals surface area contributed by atoms with Crippen LogP contribution < -0.4 is 15.4 Å². The summed E-state index contributed by atoms with van der Waals surface area (Å²) in [7, 11) is 1.65. The van der Waals surface area contributed by atoms with Crippen LogP contribution in [0.5, 0.6) is 5.75 Å². The number of aromatic nitrogens is 1. The first-order valence-corrected chi connectivity index (χ1v) is 8.20. The molecule has 1 aliphatic rings. The van der Waals surface area contributed by atoms with Crippen molar-refractivity contribution in [1.82, 2.24) is 10.3 Å². The summed E-state index contributed by atoms with van der Waals surface area (Å²) in [4.78, 5) is 16.6. The van der Waals surface area contributed by atoms with Crippen LogP contribution in [0.15, 0.2) is 23.6 Å². The van der Waals surface area contributed by atoms with Crippen LogP contribution in [-0.4, -0.2) is 30.6 Å². The highest BCUT2D eigenvalue weighted by Gasteiger charge is 2.22. The van der Waals surface area contributed by atoms with Gasteiger partial charge in [0.15, 0.2) is 5.13 Å². The number of carbonyl (C=O) groups excluding carboxylic acids is 1. The fourth-order valence-electron chi connectivity index (χ4n) is 2.58. The maximum Gasteiger partial charge on any atom is 0.243 e. The number of rotatable bonds is 4. The molecule has 0 spiro atoms. The van der Waals surface area contributed by atoms with Gasteiger partial charge in [-0.05, 0) is 38.4 Å². The molecule has 5 nitrogen and oxygen atoms in total. The highest BCUT2D eigenvalue weighted by Crippen LogP contribution is 2.33. The molecule has 2 aromatic rings. The Bertz CT molecular complexity index is 678. The molecule has 1 fully saturated rings. The Hall–Kier alpha value is -1.92. The first-order chi connectivity index (χ1) is 10.7. The van der Waals surface area contributed by atoms with E-state index in [2.05, 4.69) is 15.6 Å². The zero-order valence-electron chi connectivity index (χ0n) is 12.7. The van der Waals surface area contributed by atoms with Gasteiger partial charge in [-0.3, -0.25) is 4.79 Å². The van der Waals surface area contributed by atoms with E-state index in [1.807, 2.05) is 30.5 Å². The first kappa shape index (κ1) is 15.0. The van der Waals surface area contributed by atoms with Gasteiger partial charge in [-0.15, -0.1) is 11.3 Å². The van der Waals surface area contributed by atoms with Crippen molar-refractivity contribution in [3.8, 4) is 17.0 Å². The van der Waals surface area contributed by atoms with E-state index in [4.69, 9.17) is 4.74 Å². The normalized spacial score (nSPS) is 17.5. The average molecular weight is 317 g/mol. The molecule has 22 heavy (non-hydrogen) atoms. The maximum absolute atomic E-state index is 12.1. The van der Waals surface area contributed by atoms with E-state index in [9.17, 15) is 4.79 Å². The number of anilines is 1. The molecular weight excluding hydrogens is 298 g/mol. The molecule has 1 saturated heterocycles. The first-order valence-electron chi connectivity index (χ1n) is 7.32. The van der Waals surface area contributed by atoms with Gasteiger partial charge < -0.3 is 15.4 Å². The minimum Gasteiger partial charge on any atom is -0.496 e. The van der Waals surface area contributed by atoms with E-state index in [1.54, 1.807) is 7.11 Å². The smallest absolute Gasteiger partial charge is 0.243 e. The van der Waals surface area contributed by atoms with Gasteiger partial charge in [-0.25, -0.2) is 4.98 Å². The summed E-state index contributed by atoms with van der Waals surface area (Å²) in [5, 5.41) is 8.64. The van der Waals surface area contributed by atoms with Gasteiger partial charge in [0.05, 0.1) is 18.8 Å². The van der Waals surface area contributed by atoms with Crippen molar-refractivity contribution >= 4 is 22.4 Å². The van der Waals surface area contributed by atoms with E-state index in [1.165, 1.54) is 11.3 Å². The zero-order valence-corrected chi connectivity index (χ0v) is 13.5. The number of ether oxygens (including phenoxy) is 1. The Kier molecular flexibility index (Phi) is 4.40. The molecule has 2 heterocycles. The number of benzene rings is 1. The van der Waals surface area contributed by atoms with Crippen LogP contribution >= 0.6 is 11.3 Å². The number of nitrogens with one attached hydrogen (secondary N) is 2. The van der Waals surface area contributed by atoms with Crippen molar-refractivity contribution in [2.24, 2.45) is 0 Å². The van der Waals surface area contributed by atoms with Gasteiger partial charge in [0, 0.05) is 10.9 Å². The van der Waals surface area contributed by atoms with Crippen LogP contribution in [0.3, 0.4) is 0 Å². The van der Waals surface area contributed by atoms with Gasteiger partial charge in [0.1, 0.15) is 5.75 Å². The third kappa shape index (κ3) is 3.13. The fourth-order valence-corrected chi connectivity index (χ4v) is 3.29. The lowest BCUT2D eigenvalue weighted by Crippen LogP contribution is -2.35. The number of hydrogen-bond acceptors (Lipinski definition) is 5. The van der Waals surface area contributed by atoms with Crippen molar-refractivity contribution in [1.29, 1.82) is 0 Å². The Morgan fingerprint density at radius 2 is 2.36 bits per heavy atom. The van der Waals surface area contributed by atoms with Crippen LogP contribution in [-0.2, 0) is 4.79 Å². The number of thiazole rings is 1. The van der Waals surface area contributed by atoms with Gasteiger partial charge in [0.25, 0.3) is 0 Å². The maximum atomic E-state index is 12.1. The van der Waals surface area contributed by atoms with Crippen LogP contribution in [0.2, 0.25) is 0 Å². The molecule has 0 saturated carbocycles. The predicted octanol–water partition coefficient (Wildman–Crippen LogP) is 2.82. The van der Waals surface area contributed by atoms with Gasteiger partial charge in [-0.2, -0.15) is 0 Å². The molecule has 1 atom stereocenters. The number of aryl methyl sites for hydroxylation is 1. The Balaban J connectivity index is 1.79. The molecule has 1 unspecified atom stereocenters. The topological polar surface area (TPSA) is 63.2 Å². The second-order valence-corrected chi connectivity index (χ2v) is 6.24.